The van der Waals surface area contributed by atoms with Gasteiger partial charge in [-0.25, -0.2) is 0 Å². The Bertz CT molecular complexity index is 167. The van der Waals surface area contributed by atoms with Gasteiger partial charge in [0.05, 0.1) is 0 Å². The largest absolute Gasteiger partial charge is 0.505 e. The van der Waals surface area contributed by atoms with Crippen LogP contribution in [0.4, 0.5) is 0 Å². The Morgan fingerprint density at radius 3 is 1.78 bits per heavy atom. The summed E-state index contributed by atoms with van der Waals surface area (Å²) in [5.74, 6) is -1.71. The average Bonchev–Trinajstić information content (AvgIpc) is 1.84. The summed E-state index contributed by atoms with van der Waals surface area (Å²) in [5, 5.41) is 25.6. The Morgan fingerprint density at radius 2 is 1.67 bits per heavy atom. The quantitative estimate of drug-likeness (QED) is 0.390. The van der Waals surface area contributed by atoms with Crippen LogP contribution in [0, 0.1) is 0 Å². The molecule has 0 unspecified atom stereocenters. The molecule has 0 rings (SSSR count). The van der Waals surface area contributed by atoms with Crippen molar-refractivity contribution in [3.05, 3.63) is 36.5 Å². The molecule has 0 aromatic heterocycles. The van der Waals surface area contributed by atoms with Gasteiger partial charge in [-0.05, 0) is 6.08 Å². The summed E-state index contributed by atoms with van der Waals surface area (Å²) in [7, 11) is 0. The van der Waals surface area contributed by atoms with Gasteiger partial charge in [0.2, 0.25) is 0 Å². The average molecular weight is 128 g/mol. The van der Waals surface area contributed by atoms with Gasteiger partial charge >= 0.3 is 0 Å². The minimum absolute atomic E-state index is 0.484. The molecule has 0 radical (unpaired) electrons. The van der Waals surface area contributed by atoms with E-state index in [9.17, 15) is 0 Å². The summed E-state index contributed by atoms with van der Waals surface area (Å²) in [6.45, 7) is 6.11. The van der Waals surface area contributed by atoms with Gasteiger partial charge in [0.15, 0.2) is 17.3 Å². The van der Waals surface area contributed by atoms with Crippen LogP contribution in [0.5, 0.6) is 0 Å². The van der Waals surface area contributed by atoms with Crippen molar-refractivity contribution in [1.29, 1.82) is 0 Å². The molecular formula is C6H8O3. The molecule has 50 valence electrons. The maximum Gasteiger partial charge on any atom is 0.199 e. The van der Waals surface area contributed by atoms with Crippen molar-refractivity contribution in [3.8, 4) is 0 Å². The fraction of sp³-hybridized carbons (Fsp3) is 0. The maximum atomic E-state index is 8.60. The van der Waals surface area contributed by atoms with Crippen molar-refractivity contribution in [3.63, 3.8) is 0 Å². The smallest absolute Gasteiger partial charge is 0.199 e. The second-order valence-corrected chi connectivity index (χ2v) is 1.38. The van der Waals surface area contributed by atoms with E-state index >= 15 is 0 Å². The van der Waals surface area contributed by atoms with Crippen molar-refractivity contribution in [2.45, 2.75) is 0 Å². The molecule has 0 aliphatic rings. The molecule has 0 atom stereocenters. The van der Waals surface area contributed by atoms with Crippen LogP contribution in [0.15, 0.2) is 36.5 Å². The Hall–Kier alpha value is -1.38. The molecule has 0 heterocycles. The molecule has 9 heavy (non-hydrogen) atoms. The number of hydrogen-bond donors (Lipinski definition) is 3. The molecule has 0 spiro atoms. The first kappa shape index (κ1) is 7.62. The first-order chi connectivity index (χ1) is 4.09. The normalized spacial score (nSPS) is 12.0. The van der Waals surface area contributed by atoms with Gasteiger partial charge in [-0.1, -0.05) is 13.2 Å². The zero-order valence-corrected chi connectivity index (χ0v) is 4.83. The third kappa shape index (κ3) is 1.90. The third-order valence-corrected chi connectivity index (χ3v) is 0.709. The predicted molar refractivity (Wildman–Crippen MR) is 34.2 cm³/mol. The van der Waals surface area contributed by atoms with E-state index in [0.717, 1.165) is 6.08 Å². The zero-order chi connectivity index (χ0) is 7.44. The van der Waals surface area contributed by atoms with Crippen molar-refractivity contribution < 1.29 is 15.3 Å². The highest BCUT2D eigenvalue weighted by Gasteiger charge is 2.00. The molecule has 0 aromatic carbocycles. The van der Waals surface area contributed by atoms with Crippen LogP contribution < -0.4 is 0 Å². The zero-order valence-electron chi connectivity index (χ0n) is 4.83. The Kier molecular flexibility index (Phi) is 2.38. The summed E-state index contributed by atoms with van der Waals surface area (Å²) in [6, 6.07) is 0. The molecule has 0 bridgehead atoms. The molecule has 0 amide bonds. The number of aliphatic hydroxyl groups is 3. The van der Waals surface area contributed by atoms with Gasteiger partial charge in [0.25, 0.3) is 0 Å². The minimum Gasteiger partial charge on any atom is -0.505 e. The van der Waals surface area contributed by atoms with E-state index in [1.807, 2.05) is 0 Å². The van der Waals surface area contributed by atoms with E-state index in [1.54, 1.807) is 0 Å². The highest BCUT2D eigenvalue weighted by atomic mass is 16.3. The fourth-order valence-electron chi connectivity index (χ4n) is 0.245. The molecule has 0 saturated heterocycles. The second kappa shape index (κ2) is 2.81. The molecule has 3 N–H and O–H groups in total. The first-order valence-corrected chi connectivity index (χ1v) is 2.22. The third-order valence-electron chi connectivity index (χ3n) is 0.709. The van der Waals surface area contributed by atoms with Gasteiger partial charge in [0.1, 0.15) is 0 Å². The Labute approximate surface area is 52.9 Å². The van der Waals surface area contributed by atoms with Crippen molar-refractivity contribution in [2.75, 3.05) is 0 Å². The fourth-order valence-corrected chi connectivity index (χ4v) is 0.245. The number of rotatable bonds is 2. The van der Waals surface area contributed by atoms with Crippen LogP contribution in [0.3, 0.4) is 0 Å². The van der Waals surface area contributed by atoms with E-state index in [0.29, 0.717) is 0 Å². The second-order valence-electron chi connectivity index (χ2n) is 1.38. The van der Waals surface area contributed by atoms with Crippen molar-refractivity contribution in [1.82, 2.24) is 0 Å². The Morgan fingerprint density at radius 1 is 1.22 bits per heavy atom. The first-order valence-electron chi connectivity index (χ1n) is 2.22. The number of hydrogen-bond acceptors (Lipinski definition) is 3. The molecule has 0 saturated carbocycles. The lowest BCUT2D eigenvalue weighted by Crippen LogP contribution is -1.89. The van der Waals surface area contributed by atoms with Crippen molar-refractivity contribution in [2.24, 2.45) is 0 Å². The van der Waals surface area contributed by atoms with E-state index in [2.05, 4.69) is 13.2 Å². The number of aliphatic hydroxyl groups excluding tert-OH is 3. The van der Waals surface area contributed by atoms with Crippen LogP contribution in [-0.4, -0.2) is 15.3 Å². The highest BCUT2D eigenvalue weighted by Crippen LogP contribution is 2.04. The van der Waals surface area contributed by atoms with E-state index in [4.69, 9.17) is 15.3 Å². The summed E-state index contributed by atoms with van der Waals surface area (Å²) in [6.07, 6.45) is 0.997. The van der Waals surface area contributed by atoms with Gasteiger partial charge in [-0.3, -0.25) is 0 Å². The van der Waals surface area contributed by atoms with Crippen molar-refractivity contribution >= 4 is 0 Å². The molecular weight excluding hydrogens is 120 g/mol. The van der Waals surface area contributed by atoms with Crippen LogP contribution in [-0.2, 0) is 0 Å². The summed E-state index contributed by atoms with van der Waals surface area (Å²) >= 11 is 0. The van der Waals surface area contributed by atoms with Crippen LogP contribution >= 0.6 is 0 Å². The van der Waals surface area contributed by atoms with E-state index in [-0.39, 0.29) is 0 Å². The standard InChI is InChI=1S/C6H8O3/c1-3-5(8)6(9)4(2)7/h3,7-9H,1-2H2/b6-5-. The number of allylic oxidation sites excluding steroid dienone is 1. The highest BCUT2D eigenvalue weighted by molar-refractivity contribution is 5.23. The molecule has 0 fully saturated rings. The minimum atomic E-state index is -0.648. The molecule has 3 heteroatoms. The lowest BCUT2D eigenvalue weighted by Gasteiger charge is -1.96. The monoisotopic (exact) mass is 128 g/mol. The lowest BCUT2D eigenvalue weighted by molar-refractivity contribution is 0.293. The van der Waals surface area contributed by atoms with E-state index < -0.39 is 17.3 Å². The van der Waals surface area contributed by atoms with Gasteiger partial charge in [0, 0.05) is 0 Å². The molecule has 0 aliphatic heterocycles. The van der Waals surface area contributed by atoms with Crippen LogP contribution in [0.1, 0.15) is 0 Å². The van der Waals surface area contributed by atoms with Gasteiger partial charge in [-0.2, -0.15) is 0 Å². The van der Waals surface area contributed by atoms with Gasteiger partial charge < -0.3 is 15.3 Å². The Balaban J connectivity index is 4.47. The lowest BCUT2D eigenvalue weighted by atomic mass is 10.3. The molecule has 0 aliphatic carbocycles. The van der Waals surface area contributed by atoms with Gasteiger partial charge in [-0.15, -0.1) is 0 Å². The van der Waals surface area contributed by atoms with E-state index in [1.165, 1.54) is 0 Å². The summed E-state index contributed by atoms with van der Waals surface area (Å²) in [5.41, 5.74) is 0. The maximum absolute atomic E-state index is 8.60. The predicted octanol–water partition coefficient (Wildman–Crippen LogP) is 1.57. The summed E-state index contributed by atoms with van der Waals surface area (Å²) < 4.78 is 0. The van der Waals surface area contributed by atoms with Crippen LogP contribution in [0.25, 0.3) is 0 Å². The SMILES string of the molecule is C=C/C(O)=C(/O)C(=C)O. The summed E-state index contributed by atoms with van der Waals surface area (Å²) in [4.78, 5) is 0. The molecule has 3 nitrogen and oxygen atoms in total. The topological polar surface area (TPSA) is 60.7 Å². The van der Waals surface area contributed by atoms with Crippen LogP contribution in [0.2, 0.25) is 0 Å². The molecule has 0 aromatic rings.